The molecule has 0 aliphatic carbocycles. The molecule has 3 rings (SSSR count). The van der Waals surface area contributed by atoms with Gasteiger partial charge in [-0.3, -0.25) is 9.69 Å². The molecule has 8 heteroatoms. The first kappa shape index (κ1) is 22.9. The van der Waals surface area contributed by atoms with Crippen LogP contribution in [-0.4, -0.2) is 24.0 Å². The molecule has 162 valence electrons. The van der Waals surface area contributed by atoms with Gasteiger partial charge in [-0.1, -0.05) is 29.8 Å². The predicted octanol–water partition coefficient (Wildman–Crippen LogP) is 5.60. The second-order valence-corrected chi connectivity index (χ2v) is 8.34. The third-order valence-electron chi connectivity index (χ3n) is 4.52. The number of carbonyl (C=O) groups excluding carboxylic acids is 2. The number of hydrogen-bond donors (Lipinski definition) is 0. The summed E-state index contributed by atoms with van der Waals surface area (Å²) in [6.07, 6.45) is 0. The summed E-state index contributed by atoms with van der Waals surface area (Å²) >= 11 is 7.72. The van der Waals surface area contributed by atoms with Gasteiger partial charge >= 0.3 is 5.97 Å². The number of thiazole rings is 1. The number of benzene rings is 2. The number of aryl methyl sites for hydroxylation is 2. The second-order valence-electron chi connectivity index (χ2n) is 7.09. The zero-order chi connectivity index (χ0) is 22.5. The molecule has 3 aromatic rings. The summed E-state index contributed by atoms with van der Waals surface area (Å²) in [5.41, 5.74) is 4.46. The van der Waals surface area contributed by atoms with E-state index in [0.717, 1.165) is 16.7 Å². The highest BCUT2D eigenvalue weighted by Crippen LogP contribution is 2.37. The number of amides is 1. The van der Waals surface area contributed by atoms with Gasteiger partial charge in [0.15, 0.2) is 5.13 Å². The van der Waals surface area contributed by atoms with E-state index in [1.165, 1.54) is 23.2 Å². The van der Waals surface area contributed by atoms with Gasteiger partial charge in [-0.25, -0.2) is 9.78 Å². The Hall–Kier alpha value is -2.74. The zero-order valence-electron chi connectivity index (χ0n) is 17.8. The van der Waals surface area contributed by atoms with Crippen molar-refractivity contribution in [1.29, 1.82) is 0 Å². The van der Waals surface area contributed by atoms with Crippen LogP contribution in [0.3, 0.4) is 0 Å². The fourth-order valence-corrected chi connectivity index (χ4v) is 4.43. The largest absolute Gasteiger partial charge is 0.456 e. The average molecular weight is 459 g/mol. The first-order valence-corrected chi connectivity index (χ1v) is 10.8. The highest BCUT2D eigenvalue weighted by Gasteiger charge is 2.23. The van der Waals surface area contributed by atoms with Gasteiger partial charge < -0.3 is 9.47 Å². The normalized spacial score (nSPS) is 10.7. The van der Waals surface area contributed by atoms with Crippen LogP contribution in [0.5, 0.6) is 0 Å². The van der Waals surface area contributed by atoms with E-state index in [1.807, 2.05) is 38.1 Å². The number of hydrogen-bond acceptors (Lipinski definition) is 6. The lowest BCUT2D eigenvalue weighted by atomic mass is 10.1. The minimum atomic E-state index is -0.445. The maximum atomic E-state index is 12.4. The molecule has 0 bridgehead atoms. The highest BCUT2D eigenvalue weighted by atomic mass is 35.5. The number of ether oxygens (including phenoxy) is 2. The van der Waals surface area contributed by atoms with Crippen LogP contribution < -0.4 is 4.90 Å². The van der Waals surface area contributed by atoms with E-state index in [-0.39, 0.29) is 12.5 Å². The van der Waals surface area contributed by atoms with Gasteiger partial charge in [0.05, 0.1) is 28.6 Å². The van der Waals surface area contributed by atoms with E-state index in [2.05, 4.69) is 4.98 Å². The van der Waals surface area contributed by atoms with E-state index >= 15 is 0 Å². The van der Waals surface area contributed by atoms with E-state index < -0.39 is 5.97 Å². The predicted molar refractivity (Wildman–Crippen MR) is 122 cm³/mol. The minimum absolute atomic E-state index is 0.00150. The minimum Gasteiger partial charge on any atom is -0.456 e. The lowest BCUT2D eigenvalue weighted by Gasteiger charge is -2.22. The zero-order valence-corrected chi connectivity index (χ0v) is 19.3. The number of aromatic nitrogens is 1. The van der Waals surface area contributed by atoms with Gasteiger partial charge in [0.25, 0.3) is 0 Å². The van der Waals surface area contributed by atoms with Gasteiger partial charge in [0.1, 0.15) is 6.61 Å². The Morgan fingerprint density at radius 1 is 1.13 bits per heavy atom. The summed E-state index contributed by atoms with van der Waals surface area (Å²) in [5.74, 6) is -0.651. The SMILES string of the molecule is COCc1ccc(C(=O)OCc2csc(N(C(C)=O)c3c(C)cc(C)cc3Cl)n2)cc1. The highest BCUT2D eigenvalue weighted by molar-refractivity contribution is 7.14. The van der Waals surface area contributed by atoms with Crippen LogP contribution in [0.2, 0.25) is 5.02 Å². The number of esters is 1. The van der Waals surface area contributed by atoms with Crippen molar-refractivity contribution in [3.63, 3.8) is 0 Å². The first-order chi connectivity index (χ1) is 14.8. The lowest BCUT2D eigenvalue weighted by molar-refractivity contribution is -0.115. The number of carbonyl (C=O) groups is 2. The van der Waals surface area contributed by atoms with Gasteiger partial charge in [-0.05, 0) is 48.7 Å². The van der Waals surface area contributed by atoms with Crippen LogP contribution in [0, 0.1) is 13.8 Å². The standard InChI is InChI=1S/C23H23ClN2O4S/c1-14-9-15(2)21(20(24)10-14)26(16(3)27)23-25-19(13-31-23)12-30-22(28)18-7-5-17(6-8-18)11-29-4/h5-10,13H,11-12H2,1-4H3. The summed E-state index contributed by atoms with van der Waals surface area (Å²) < 4.78 is 10.4. The Morgan fingerprint density at radius 3 is 2.45 bits per heavy atom. The molecule has 0 fully saturated rings. The second kappa shape index (κ2) is 10.0. The van der Waals surface area contributed by atoms with Crippen LogP contribution in [0.15, 0.2) is 41.8 Å². The fourth-order valence-electron chi connectivity index (χ4n) is 3.17. The monoisotopic (exact) mass is 458 g/mol. The van der Waals surface area contributed by atoms with Gasteiger partial charge in [-0.2, -0.15) is 0 Å². The number of methoxy groups -OCH3 is 1. The molecule has 0 saturated carbocycles. The topological polar surface area (TPSA) is 68.7 Å². The molecule has 0 aliphatic rings. The number of halogens is 1. The molecule has 1 aromatic heterocycles. The smallest absolute Gasteiger partial charge is 0.338 e. The molecule has 0 atom stereocenters. The summed E-state index contributed by atoms with van der Waals surface area (Å²) in [5, 5.41) is 2.71. The van der Waals surface area contributed by atoms with E-state index in [1.54, 1.807) is 24.6 Å². The lowest BCUT2D eigenvalue weighted by Crippen LogP contribution is -2.24. The molecular formula is C23H23ClN2O4S. The van der Waals surface area contributed by atoms with E-state index in [0.29, 0.717) is 33.7 Å². The summed E-state index contributed by atoms with van der Waals surface area (Å²) in [6.45, 7) is 5.79. The average Bonchev–Trinajstić information content (AvgIpc) is 3.17. The Bertz CT molecular complexity index is 1070. The van der Waals surface area contributed by atoms with Crippen molar-refractivity contribution in [3.05, 3.63) is 74.7 Å². The van der Waals surface area contributed by atoms with Crippen LogP contribution in [0.4, 0.5) is 10.8 Å². The Morgan fingerprint density at radius 2 is 1.84 bits per heavy atom. The number of rotatable bonds is 7. The maximum Gasteiger partial charge on any atom is 0.338 e. The molecule has 0 spiro atoms. The van der Waals surface area contributed by atoms with Crippen molar-refractivity contribution in [2.24, 2.45) is 0 Å². The summed E-state index contributed by atoms with van der Waals surface area (Å²) in [6, 6.07) is 10.8. The molecule has 0 radical (unpaired) electrons. The third kappa shape index (κ3) is 5.50. The molecular weight excluding hydrogens is 436 g/mol. The van der Waals surface area contributed by atoms with Crippen LogP contribution in [0.1, 0.15) is 39.7 Å². The van der Waals surface area contributed by atoms with E-state index in [9.17, 15) is 9.59 Å². The van der Waals surface area contributed by atoms with Crippen LogP contribution >= 0.6 is 22.9 Å². The van der Waals surface area contributed by atoms with E-state index in [4.69, 9.17) is 21.1 Å². The maximum absolute atomic E-state index is 12.4. The molecule has 1 amide bonds. The third-order valence-corrected chi connectivity index (χ3v) is 5.68. The van der Waals surface area contributed by atoms with Crippen molar-refractivity contribution in [3.8, 4) is 0 Å². The molecule has 0 unspecified atom stereocenters. The van der Waals surface area contributed by atoms with Crippen molar-refractivity contribution in [2.75, 3.05) is 12.0 Å². The van der Waals surface area contributed by atoms with Gasteiger partial charge in [0.2, 0.25) is 5.91 Å². The van der Waals surface area contributed by atoms with Crippen molar-refractivity contribution >= 4 is 45.6 Å². The Balaban J connectivity index is 1.74. The summed E-state index contributed by atoms with van der Waals surface area (Å²) in [4.78, 5) is 30.7. The van der Waals surface area contributed by atoms with Crippen molar-refractivity contribution in [1.82, 2.24) is 4.98 Å². The van der Waals surface area contributed by atoms with Crippen LogP contribution in [0.25, 0.3) is 0 Å². The molecule has 0 saturated heterocycles. The van der Waals surface area contributed by atoms with Gasteiger partial charge in [-0.15, -0.1) is 11.3 Å². The molecule has 6 nitrogen and oxygen atoms in total. The Kier molecular flexibility index (Phi) is 7.43. The first-order valence-electron chi connectivity index (χ1n) is 9.57. The Labute approximate surface area is 190 Å². The van der Waals surface area contributed by atoms with Gasteiger partial charge in [0, 0.05) is 19.4 Å². The van der Waals surface area contributed by atoms with Crippen molar-refractivity contribution < 1.29 is 19.1 Å². The quantitative estimate of drug-likeness (QED) is 0.431. The number of nitrogens with zero attached hydrogens (tertiary/aromatic N) is 2. The fraction of sp³-hybridized carbons (Fsp3) is 0.261. The molecule has 0 N–H and O–H groups in total. The molecule has 2 aromatic carbocycles. The molecule has 31 heavy (non-hydrogen) atoms. The molecule has 0 aliphatic heterocycles. The molecule has 1 heterocycles. The van der Waals surface area contributed by atoms with Crippen molar-refractivity contribution in [2.45, 2.75) is 34.0 Å². The summed E-state index contributed by atoms with van der Waals surface area (Å²) in [7, 11) is 1.62. The van der Waals surface area contributed by atoms with Crippen LogP contribution in [-0.2, 0) is 27.5 Å². The number of anilines is 2.